The Labute approximate surface area is 146 Å². The van der Waals surface area contributed by atoms with Crippen LogP contribution in [0.15, 0.2) is 53.7 Å². The number of nitrogens with zero attached hydrogens (tertiary/aromatic N) is 2. The highest BCUT2D eigenvalue weighted by Crippen LogP contribution is 2.15. The van der Waals surface area contributed by atoms with E-state index in [4.69, 9.17) is 0 Å². The van der Waals surface area contributed by atoms with Crippen molar-refractivity contribution in [1.82, 2.24) is 14.6 Å². The number of sulfonamides is 1. The van der Waals surface area contributed by atoms with Gasteiger partial charge in [0.05, 0.1) is 4.90 Å². The van der Waals surface area contributed by atoms with E-state index in [1.54, 1.807) is 18.5 Å². The summed E-state index contributed by atoms with van der Waals surface area (Å²) >= 11 is 0. The average Bonchev–Trinajstić information content (AvgIpc) is 2.61. The fourth-order valence-corrected chi connectivity index (χ4v) is 3.37. The first-order valence-electron chi connectivity index (χ1n) is 7.77. The van der Waals surface area contributed by atoms with E-state index in [0.29, 0.717) is 13.0 Å². The lowest BCUT2D eigenvalue weighted by atomic mass is 10.2. The quantitative estimate of drug-likeness (QED) is 0.775. The van der Waals surface area contributed by atoms with Crippen LogP contribution in [-0.4, -0.2) is 37.2 Å². The van der Waals surface area contributed by atoms with Crippen molar-refractivity contribution in [2.24, 2.45) is 0 Å². The third-order valence-corrected chi connectivity index (χ3v) is 5.48. The summed E-state index contributed by atoms with van der Waals surface area (Å²) in [6.07, 6.45) is 3.92. The number of rotatable bonds is 8. The van der Waals surface area contributed by atoms with Gasteiger partial charge in [-0.15, -0.1) is 0 Å². The van der Waals surface area contributed by atoms with E-state index in [0.717, 1.165) is 22.0 Å². The Morgan fingerprint density at radius 1 is 1.24 bits per heavy atom. The molecular formula is C17H20FN3O3S. The van der Waals surface area contributed by atoms with Crippen molar-refractivity contribution < 1.29 is 17.6 Å². The second-order valence-corrected chi connectivity index (χ2v) is 7.57. The van der Waals surface area contributed by atoms with Crippen LogP contribution in [0.5, 0.6) is 0 Å². The molecule has 25 heavy (non-hydrogen) atoms. The zero-order chi connectivity index (χ0) is 18.3. The fourth-order valence-electron chi connectivity index (χ4n) is 2.16. The molecule has 1 N–H and O–H groups in total. The van der Waals surface area contributed by atoms with Crippen LogP contribution >= 0.6 is 0 Å². The number of halogens is 1. The fraction of sp³-hybridized carbons (Fsp3) is 0.294. The van der Waals surface area contributed by atoms with Gasteiger partial charge in [0.2, 0.25) is 15.9 Å². The molecule has 134 valence electrons. The van der Waals surface area contributed by atoms with E-state index in [1.165, 1.54) is 19.2 Å². The average molecular weight is 365 g/mol. The molecule has 1 aromatic heterocycles. The number of benzene rings is 1. The third kappa shape index (κ3) is 5.61. The number of carbonyl (C=O) groups is 1. The Kier molecular flexibility index (Phi) is 6.60. The van der Waals surface area contributed by atoms with Gasteiger partial charge in [-0.3, -0.25) is 9.78 Å². The van der Waals surface area contributed by atoms with Crippen LogP contribution in [0.1, 0.15) is 18.4 Å². The number of hydrogen-bond acceptors (Lipinski definition) is 4. The Balaban J connectivity index is 1.78. The maximum absolute atomic E-state index is 12.9. The predicted octanol–water partition coefficient (Wildman–Crippen LogP) is 1.94. The van der Waals surface area contributed by atoms with Gasteiger partial charge in [0.1, 0.15) is 5.82 Å². The minimum Gasteiger partial charge on any atom is -0.352 e. The molecule has 8 heteroatoms. The maximum Gasteiger partial charge on any atom is 0.242 e. The molecule has 2 aromatic rings. The molecular weight excluding hydrogens is 345 g/mol. The lowest BCUT2D eigenvalue weighted by Gasteiger charge is -2.17. The minimum absolute atomic E-state index is 0.0254. The highest BCUT2D eigenvalue weighted by Gasteiger charge is 2.20. The van der Waals surface area contributed by atoms with Gasteiger partial charge in [0.15, 0.2) is 0 Å². The third-order valence-electron chi connectivity index (χ3n) is 3.61. The molecule has 1 amide bonds. The minimum atomic E-state index is -3.68. The van der Waals surface area contributed by atoms with Gasteiger partial charge in [-0.05, 0) is 42.3 Å². The molecule has 0 aliphatic carbocycles. The Morgan fingerprint density at radius 2 is 1.96 bits per heavy atom. The van der Waals surface area contributed by atoms with Gasteiger partial charge in [0, 0.05) is 39.0 Å². The predicted molar refractivity (Wildman–Crippen MR) is 91.5 cm³/mol. The van der Waals surface area contributed by atoms with Gasteiger partial charge in [-0.1, -0.05) is 6.07 Å². The first kappa shape index (κ1) is 19.0. The highest BCUT2D eigenvalue weighted by atomic mass is 32.2. The van der Waals surface area contributed by atoms with Crippen molar-refractivity contribution in [3.8, 4) is 0 Å². The Bertz CT molecular complexity index is 796. The van der Waals surface area contributed by atoms with E-state index < -0.39 is 15.8 Å². The second kappa shape index (κ2) is 8.68. The largest absolute Gasteiger partial charge is 0.352 e. The molecule has 0 saturated heterocycles. The van der Waals surface area contributed by atoms with Gasteiger partial charge >= 0.3 is 0 Å². The number of aromatic nitrogens is 1. The molecule has 0 aliphatic rings. The van der Waals surface area contributed by atoms with E-state index in [-0.39, 0.29) is 23.8 Å². The molecule has 0 unspecified atom stereocenters. The van der Waals surface area contributed by atoms with Crippen LogP contribution in [0.4, 0.5) is 4.39 Å². The van der Waals surface area contributed by atoms with Crippen LogP contribution in [0.2, 0.25) is 0 Å². The normalized spacial score (nSPS) is 11.5. The van der Waals surface area contributed by atoms with Crippen molar-refractivity contribution in [1.29, 1.82) is 0 Å². The summed E-state index contributed by atoms with van der Waals surface area (Å²) in [5.41, 5.74) is 0.895. The molecule has 0 fully saturated rings. The number of nitrogens with one attached hydrogen (secondary N) is 1. The van der Waals surface area contributed by atoms with Crippen LogP contribution in [-0.2, 0) is 21.4 Å². The standard InChI is InChI=1S/C17H20FN3O3S/c1-21(25(23,24)16-8-6-15(18)7-9-16)11-3-5-17(22)20-13-14-4-2-10-19-12-14/h2,4,6-10,12H,3,5,11,13H2,1H3,(H,20,22). The van der Waals surface area contributed by atoms with Crippen LogP contribution in [0.25, 0.3) is 0 Å². The van der Waals surface area contributed by atoms with Crippen LogP contribution in [0, 0.1) is 5.82 Å². The molecule has 0 bridgehead atoms. The maximum atomic E-state index is 12.9. The first-order chi connectivity index (χ1) is 11.9. The molecule has 1 heterocycles. The van der Waals surface area contributed by atoms with Gasteiger partial charge < -0.3 is 5.32 Å². The van der Waals surface area contributed by atoms with Crippen molar-refractivity contribution in [2.75, 3.05) is 13.6 Å². The summed E-state index contributed by atoms with van der Waals surface area (Å²) in [4.78, 5) is 15.8. The summed E-state index contributed by atoms with van der Waals surface area (Å²) in [5, 5.41) is 2.76. The van der Waals surface area contributed by atoms with E-state index in [2.05, 4.69) is 10.3 Å². The van der Waals surface area contributed by atoms with Crippen molar-refractivity contribution in [3.63, 3.8) is 0 Å². The second-order valence-electron chi connectivity index (χ2n) is 5.52. The molecule has 0 aliphatic heterocycles. The summed E-state index contributed by atoms with van der Waals surface area (Å²) in [6.45, 7) is 0.580. The van der Waals surface area contributed by atoms with Crippen molar-refractivity contribution >= 4 is 15.9 Å². The van der Waals surface area contributed by atoms with Gasteiger partial charge in [-0.25, -0.2) is 17.1 Å². The zero-order valence-corrected chi connectivity index (χ0v) is 14.7. The Morgan fingerprint density at radius 3 is 2.60 bits per heavy atom. The van der Waals surface area contributed by atoms with Crippen LogP contribution < -0.4 is 5.32 Å². The van der Waals surface area contributed by atoms with Gasteiger partial charge in [-0.2, -0.15) is 0 Å². The highest BCUT2D eigenvalue weighted by molar-refractivity contribution is 7.89. The molecule has 0 spiro atoms. The number of hydrogen-bond donors (Lipinski definition) is 1. The summed E-state index contributed by atoms with van der Waals surface area (Å²) < 4.78 is 38.7. The molecule has 6 nitrogen and oxygen atoms in total. The lowest BCUT2D eigenvalue weighted by Crippen LogP contribution is -2.29. The topological polar surface area (TPSA) is 79.4 Å². The molecule has 0 atom stereocenters. The molecule has 1 aromatic carbocycles. The van der Waals surface area contributed by atoms with Crippen LogP contribution in [0.3, 0.4) is 0 Å². The summed E-state index contributed by atoms with van der Waals surface area (Å²) in [5.74, 6) is -0.650. The molecule has 0 radical (unpaired) electrons. The Hall–Kier alpha value is -2.32. The lowest BCUT2D eigenvalue weighted by molar-refractivity contribution is -0.121. The SMILES string of the molecule is CN(CCCC(=O)NCc1cccnc1)S(=O)(=O)c1ccc(F)cc1. The van der Waals surface area contributed by atoms with E-state index in [9.17, 15) is 17.6 Å². The van der Waals surface area contributed by atoms with Crippen molar-refractivity contribution in [2.45, 2.75) is 24.3 Å². The first-order valence-corrected chi connectivity index (χ1v) is 9.21. The monoisotopic (exact) mass is 365 g/mol. The van der Waals surface area contributed by atoms with Gasteiger partial charge in [0.25, 0.3) is 0 Å². The summed E-state index contributed by atoms with van der Waals surface area (Å²) in [6, 6.07) is 8.30. The zero-order valence-electron chi connectivity index (χ0n) is 13.9. The molecule has 2 rings (SSSR count). The molecule has 0 saturated carbocycles. The number of pyridine rings is 1. The van der Waals surface area contributed by atoms with E-state index in [1.807, 2.05) is 6.07 Å². The van der Waals surface area contributed by atoms with Crippen molar-refractivity contribution in [3.05, 3.63) is 60.2 Å². The smallest absolute Gasteiger partial charge is 0.242 e. The summed E-state index contributed by atoms with van der Waals surface area (Å²) in [7, 11) is -2.25. The number of amides is 1. The van der Waals surface area contributed by atoms with E-state index >= 15 is 0 Å². The number of carbonyl (C=O) groups excluding carboxylic acids is 1.